The molecule has 2 rings (SSSR count). The predicted molar refractivity (Wildman–Crippen MR) is 78.5 cm³/mol. The van der Waals surface area contributed by atoms with Gasteiger partial charge in [-0.05, 0) is 18.4 Å². The molecule has 0 unspecified atom stereocenters. The average molecular weight is 291 g/mol. The van der Waals surface area contributed by atoms with E-state index in [1.807, 2.05) is 0 Å². The number of carbonyl (C=O) groups excluding carboxylic acids is 2. The van der Waals surface area contributed by atoms with Crippen LogP contribution < -0.4 is 10.9 Å². The summed E-state index contributed by atoms with van der Waals surface area (Å²) >= 11 is 0. The molecule has 1 fully saturated rings. The first kappa shape index (κ1) is 15.3. The van der Waals surface area contributed by atoms with Gasteiger partial charge in [0, 0.05) is 51.8 Å². The maximum absolute atomic E-state index is 12.1. The van der Waals surface area contributed by atoms with Crippen molar-refractivity contribution in [2.75, 3.05) is 13.1 Å². The number of hydrogen-bond donors (Lipinski definition) is 1. The molecule has 1 saturated heterocycles. The minimum atomic E-state index is -0.0679. The molecule has 0 aromatic carbocycles. The maximum atomic E-state index is 12.1. The van der Waals surface area contributed by atoms with E-state index in [0.717, 1.165) is 5.56 Å². The van der Waals surface area contributed by atoms with Crippen molar-refractivity contribution >= 4 is 11.8 Å². The predicted octanol–water partition coefficient (Wildman–Crippen LogP) is 0.260. The van der Waals surface area contributed by atoms with E-state index in [9.17, 15) is 14.4 Å². The zero-order valence-electron chi connectivity index (χ0n) is 12.5. The average Bonchev–Trinajstić information content (AvgIpc) is 2.48. The summed E-state index contributed by atoms with van der Waals surface area (Å²) in [4.78, 5) is 36.4. The van der Waals surface area contributed by atoms with E-state index in [1.165, 1.54) is 10.6 Å². The van der Waals surface area contributed by atoms with E-state index < -0.39 is 0 Å². The van der Waals surface area contributed by atoms with Crippen molar-refractivity contribution in [1.29, 1.82) is 0 Å². The Balaban J connectivity index is 1.84. The standard InChI is InChI=1S/C15H21N3O3/c1-11(19)18-7-5-13(6-8-18)15(21)16-9-12-3-4-14(20)17(2)10-12/h3-4,10,13H,5-9H2,1-2H3,(H,16,21). The molecule has 0 bridgehead atoms. The number of pyridine rings is 1. The zero-order chi connectivity index (χ0) is 15.4. The molecule has 114 valence electrons. The lowest BCUT2D eigenvalue weighted by Gasteiger charge is -2.30. The third-order valence-electron chi connectivity index (χ3n) is 3.92. The van der Waals surface area contributed by atoms with Crippen molar-refractivity contribution < 1.29 is 9.59 Å². The van der Waals surface area contributed by atoms with Gasteiger partial charge in [-0.1, -0.05) is 6.07 Å². The maximum Gasteiger partial charge on any atom is 0.250 e. The van der Waals surface area contributed by atoms with Crippen LogP contribution in [0.1, 0.15) is 25.3 Å². The van der Waals surface area contributed by atoms with Crippen LogP contribution >= 0.6 is 0 Å². The summed E-state index contributed by atoms with van der Waals surface area (Å²) in [7, 11) is 1.69. The molecule has 1 aliphatic rings. The number of hydrogen-bond acceptors (Lipinski definition) is 3. The summed E-state index contributed by atoms with van der Waals surface area (Å²) in [6, 6.07) is 3.22. The highest BCUT2D eigenvalue weighted by atomic mass is 16.2. The monoisotopic (exact) mass is 291 g/mol. The van der Waals surface area contributed by atoms with Gasteiger partial charge in [0.2, 0.25) is 17.4 Å². The lowest BCUT2D eigenvalue weighted by Crippen LogP contribution is -2.42. The van der Waals surface area contributed by atoms with E-state index in [0.29, 0.717) is 32.5 Å². The third kappa shape index (κ3) is 3.93. The van der Waals surface area contributed by atoms with Crippen LogP contribution in [0.4, 0.5) is 0 Å². The molecule has 2 heterocycles. The van der Waals surface area contributed by atoms with Crippen molar-refractivity contribution in [3.63, 3.8) is 0 Å². The van der Waals surface area contributed by atoms with Crippen LogP contribution in [0.5, 0.6) is 0 Å². The summed E-state index contributed by atoms with van der Waals surface area (Å²) < 4.78 is 1.49. The number of likely N-dealkylation sites (tertiary alicyclic amines) is 1. The van der Waals surface area contributed by atoms with Gasteiger partial charge in [-0.3, -0.25) is 14.4 Å². The fraction of sp³-hybridized carbons (Fsp3) is 0.533. The highest BCUT2D eigenvalue weighted by Crippen LogP contribution is 2.17. The minimum Gasteiger partial charge on any atom is -0.352 e. The Labute approximate surface area is 123 Å². The fourth-order valence-corrected chi connectivity index (χ4v) is 2.55. The number of amides is 2. The second-order valence-corrected chi connectivity index (χ2v) is 5.48. The number of piperidine rings is 1. The molecule has 1 aromatic rings. The van der Waals surface area contributed by atoms with Crippen molar-refractivity contribution in [3.8, 4) is 0 Å². The Kier molecular flexibility index (Phi) is 4.77. The van der Waals surface area contributed by atoms with E-state index in [1.54, 1.807) is 31.1 Å². The van der Waals surface area contributed by atoms with Crippen molar-refractivity contribution in [2.45, 2.75) is 26.3 Å². The molecule has 21 heavy (non-hydrogen) atoms. The highest BCUT2D eigenvalue weighted by Gasteiger charge is 2.25. The first-order valence-corrected chi connectivity index (χ1v) is 7.16. The van der Waals surface area contributed by atoms with E-state index >= 15 is 0 Å². The van der Waals surface area contributed by atoms with Gasteiger partial charge in [0.05, 0.1) is 0 Å². The van der Waals surface area contributed by atoms with Crippen LogP contribution in [-0.4, -0.2) is 34.4 Å². The normalized spacial score (nSPS) is 15.8. The summed E-state index contributed by atoms with van der Waals surface area (Å²) in [5, 5.41) is 2.90. The number of aryl methyl sites for hydroxylation is 1. The summed E-state index contributed by atoms with van der Waals surface area (Å²) in [6.07, 6.45) is 3.14. The van der Waals surface area contributed by atoms with Gasteiger partial charge < -0.3 is 14.8 Å². The number of rotatable bonds is 3. The van der Waals surface area contributed by atoms with Gasteiger partial charge in [0.25, 0.3) is 0 Å². The lowest BCUT2D eigenvalue weighted by molar-refractivity contribution is -0.134. The lowest BCUT2D eigenvalue weighted by atomic mass is 9.96. The summed E-state index contributed by atoms with van der Waals surface area (Å²) in [6.45, 7) is 3.26. The Hall–Kier alpha value is -2.11. The molecule has 1 aromatic heterocycles. The van der Waals surface area contributed by atoms with Gasteiger partial charge in [-0.15, -0.1) is 0 Å². The van der Waals surface area contributed by atoms with Gasteiger partial charge >= 0.3 is 0 Å². The molecular weight excluding hydrogens is 270 g/mol. The molecule has 0 spiro atoms. The fourth-order valence-electron chi connectivity index (χ4n) is 2.55. The van der Waals surface area contributed by atoms with Gasteiger partial charge in [0.1, 0.15) is 0 Å². The van der Waals surface area contributed by atoms with E-state index in [-0.39, 0.29) is 23.3 Å². The second-order valence-electron chi connectivity index (χ2n) is 5.48. The minimum absolute atomic E-state index is 0.0204. The number of carbonyl (C=O) groups is 2. The van der Waals surface area contributed by atoms with Gasteiger partial charge in [-0.25, -0.2) is 0 Å². The summed E-state index contributed by atoms with van der Waals surface area (Å²) in [5.41, 5.74) is 0.827. The SMILES string of the molecule is CC(=O)N1CCC(C(=O)NCc2ccc(=O)n(C)c2)CC1. The molecule has 1 aliphatic heterocycles. The van der Waals surface area contributed by atoms with Crippen molar-refractivity contribution in [1.82, 2.24) is 14.8 Å². The van der Waals surface area contributed by atoms with E-state index in [4.69, 9.17) is 0 Å². The summed E-state index contributed by atoms with van der Waals surface area (Å²) in [5.74, 6) is 0.0549. The molecule has 0 atom stereocenters. The molecule has 6 heteroatoms. The largest absolute Gasteiger partial charge is 0.352 e. The van der Waals surface area contributed by atoms with Crippen molar-refractivity contribution in [3.05, 3.63) is 34.2 Å². The zero-order valence-corrected chi connectivity index (χ0v) is 12.5. The van der Waals surface area contributed by atoms with Crippen LogP contribution in [0.2, 0.25) is 0 Å². The van der Waals surface area contributed by atoms with Gasteiger partial charge in [-0.2, -0.15) is 0 Å². The van der Waals surface area contributed by atoms with Crippen molar-refractivity contribution in [2.24, 2.45) is 13.0 Å². The van der Waals surface area contributed by atoms with Gasteiger partial charge in [0.15, 0.2) is 0 Å². The topological polar surface area (TPSA) is 71.4 Å². The molecule has 1 N–H and O–H groups in total. The third-order valence-corrected chi connectivity index (χ3v) is 3.92. The second kappa shape index (κ2) is 6.56. The quantitative estimate of drug-likeness (QED) is 0.868. The number of aromatic nitrogens is 1. The highest BCUT2D eigenvalue weighted by molar-refractivity contribution is 5.79. The molecule has 6 nitrogen and oxygen atoms in total. The van der Waals surface area contributed by atoms with Crippen LogP contribution in [0.25, 0.3) is 0 Å². The van der Waals surface area contributed by atoms with Crippen LogP contribution in [0.3, 0.4) is 0 Å². The Morgan fingerprint density at radius 3 is 2.52 bits per heavy atom. The molecule has 0 saturated carbocycles. The molecule has 0 radical (unpaired) electrons. The van der Waals surface area contributed by atoms with E-state index in [2.05, 4.69) is 5.32 Å². The smallest absolute Gasteiger partial charge is 0.250 e. The Bertz CT molecular complexity index is 586. The van der Waals surface area contributed by atoms with Crippen LogP contribution in [-0.2, 0) is 23.2 Å². The Morgan fingerprint density at radius 2 is 1.95 bits per heavy atom. The molecular formula is C15H21N3O3. The first-order chi connectivity index (χ1) is 9.97. The molecule has 2 amide bonds. The first-order valence-electron chi connectivity index (χ1n) is 7.16. The molecule has 0 aliphatic carbocycles. The number of nitrogens with zero attached hydrogens (tertiary/aromatic N) is 2. The van der Waals surface area contributed by atoms with Crippen LogP contribution in [0.15, 0.2) is 23.1 Å². The Morgan fingerprint density at radius 1 is 1.29 bits per heavy atom. The number of nitrogens with one attached hydrogen (secondary N) is 1. The van der Waals surface area contributed by atoms with Crippen LogP contribution in [0, 0.1) is 5.92 Å².